The van der Waals surface area contributed by atoms with Crippen LogP contribution < -0.4 is 5.56 Å². The number of aryl methyl sites for hydroxylation is 1. The molecule has 2 aromatic rings. The normalized spacial score (nSPS) is 20.7. The Morgan fingerprint density at radius 3 is 2.38 bits per heavy atom. The average molecular weight is 328 g/mol. The number of aromatic amines is 1. The van der Waals surface area contributed by atoms with E-state index in [0.29, 0.717) is 0 Å². The van der Waals surface area contributed by atoms with Crippen LogP contribution in [-0.2, 0) is 0 Å². The molecule has 3 rings (SSSR count). The second-order valence-electron chi connectivity index (χ2n) is 7.03. The predicted molar refractivity (Wildman–Crippen MR) is 104 cm³/mol. The van der Waals surface area contributed by atoms with Crippen LogP contribution in [0.5, 0.6) is 0 Å². The van der Waals surface area contributed by atoms with Gasteiger partial charge in [-0.3, -0.25) is 4.79 Å². The van der Waals surface area contributed by atoms with Crippen molar-refractivity contribution in [3.63, 3.8) is 0 Å². The number of nitrogens with zero attached hydrogens (tertiary/aromatic N) is 1. The van der Waals surface area contributed by atoms with Crippen molar-refractivity contribution >= 4 is 10.8 Å². The summed E-state index contributed by atoms with van der Waals surface area (Å²) in [6.45, 7) is 11.4. The van der Waals surface area contributed by atoms with Gasteiger partial charge in [-0.2, -0.15) is 0 Å². The van der Waals surface area contributed by atoms with E-state index in [-0.39, 0.29) is 5.56 Å². The molecule has 1 aliphatic rings. The molecule has 1 aliphatic carbocycles. The van der Waals surface area contributed by atoms with Crippen molar-refractivity contribution in [3.8, 4) is 0 Å². The molecule has 0 amide bonds. The van der Waals surface area contributed by atoms with Crippen molar-refractivity contribution in [2.45, 2.75) is 59.4 Å². The van der Waals surface area contributed by atoms with Crippen molar-refractivity contribution in [3.05, 3.63) is 46.4 Å². The molecule has 0 radical (unpaired) electrons. The van der Waals surface area contributed by atoms with E-state index >= 15 is 0 Å². The van der Waals surface area contributed by atoms with Crippen molar-refractivity contribution in [1.29, 1.82) is 0 Å². The molecule has 3 nitrogen and oxygen atoms in total. The summed E-state index contributed by atoms with van der Waals surface area (Å²) in [6, 6.07) is 8.60. The van der Waals surface area contributed by atoms with E-state index in [9.17, 15) is 4.79 Å². The first kappa shape index (κ1) is 18.7. The average Bonchev–Trinajstić information content (AvgIpc) is 2.58. The highest BCUT2D eigenvalue weighted by atomic mass is 16.1. The van der Waals surface area contributed by atoms with Crippen LogP contribution in [0.4, 0.5) is 0 Å². The van der Waals surface area contributed by atoms with Gasteiger partial charge in [0.25, 0.3) is 5.56 Å². The lowest BCUT2D eigenvalue weighted by Gasteiger charge is -2.34. The fourth-order valence-corrected chi connectivity index (χ4v) is 3.66. The first-order chi connectivity index (χ1) is 11.5. The fraction of sp³-hybridized carbons (Fsp3) is 0.571. The maximum atomic E-state index is 11.2. The molecule has 1 N–H and O–H groups in total. The zero-order valence-corrected chi connectivity index (χ0v) is 15.6. The second kappa shape index (κ2) is 9.03. The van der Waals surface area contributed by atoms with Crippen LogP contribution in [0.15, 0.2) is 35.3 Å². The third-order valence-electron chi connectivity index (χ3n) is 5.24. The number of hydrogen-bond donors (Lipinski definition) is 1. The Balaban J connectivity index is 0.000000174. The Hall–Kier alpha value is -1.61. The van der Waals surface area contributed by atoms with Crippen LogP contribution in [0.3, 0.4) is 0 Å². The molecule has 0 aliphatic heterocycles. The molecule has 1 aromatic heterocycles. The van der Waals surface area contributed by atoms with Gasteiger partial charge in [-0.1, -0.05) is 38.5 Å². The van der Waals surface area contributed by atoms with Gasteiger partial charge in [0.2, 0.25) is 0 Å². The van der Waals surface area contributed by atoms with Gasteiger partial charge in [0.15, 0.2) is 0 Å². The van der Waals surface area contributed by atoms with Crippen molar-refractivity contribution < 1.29 is 0 Å². The molecular formula is C21H32N2O. The van der Waals surface area contributed by atoms with E-state index in [1.54, 1.807) is 6.20 Å². The summed E-state index contributed by atoms with van der Waals surface area (Å²) in [6.07, 6.45) is 7.43. The summed E-state index contributed by atoms with van der Waals surface area (Å²) >= 11 is 0. The van der Waals surface area contributed by atoms with Gasteiger partial charge >= 0.3 is 0 Å². The van der Waals surface area contributed by atoms with Gasteiger partial charge in [0.1, 0.15) is 0 Å². The zero-order valence-electron chi connectivity index (χ0n) is 15.6. The lowest BCUT2D eigenvalue weighted by molar-refractivity contribution is 0.153. The molecule has 24 heavy (non-hydrogen) atoms. The number of pyridine rings is 1. The van der Waals surface area contributed by atoms with E-state index in [0.717, 1.165) is 22.7 Å². The van der Waals surface area contributed by atoms with E-state index < -0.39 is 0 Å². The van der Waals surface area contributed by atoms with Crippen LogP contribution in [0.1, 0.15) is 52.0 Å². The maximum Gasteiger partial charge on any atom is 0.255 e. The minimum absolute atomic E-state index is 0.0208. The standard InChI is InChI=1S/C11H23N.C10H9NO/c1-4-12(5-2)11-8-6-10(3)7-9-11;1-7-2-3-9-8(6-7)4-5-11-10(9)12/h10-11H,4-9H2,1-3H3;2-6H,1H3,(H,11,12). The molecular weight excluding hydrogens is 296 g/mol. The largest absolute Gasteiger partial charge is 0.329 e. The van der Waals surface area contributed by atoms with E-state index in [1.807, 2.05) is 31.2 Å². The summed E-state index contributed by atoms with van der Waals surface area (Å²) in [4.78, 5) is 16.5. The van der Waals surface area contributed by atoms with Crippen LogP contribution >= 0.6 is 0 Å². The number of nitrogens with one attached hydrogen (secondary N) is 1. The zero-order chi connectivity index (χ0) is 17.5. The maximum absolute atomic E-state index is 11.2. The van der Waals surface area contributed by atoms with Crippen LogP contribution in [0.25, 0.3) is 10.8 Å². The quantitative estimate of drug-likeness (QED) is 0.883. The van der Waals surface area contributed by atoms with Crippen LogP contribution in [-0.4, -0.2) is 29.0 Å². The van der Waals surface area contributed by atoms with Gasteiger partial charge in [0.05, 0.1) is 0 Å². The molecule has 1 heterocycles. The first-order valence-electron chi connectivity index (χ1n) is 9.37. The van der Waals surface area contributed by atoms with Gasteiger partial charge in [0, 0.05) is 17.6 Å². The van der Waals surface area contributed by atoms with Gasteiger partial charge in [-0.15, -0.1) is 0 Å². The smallest absolute Gasteiger partial charge is 0.255 e. The summed E-state index contributed by atoms with van der Waals surface area (Å²) in [5, 5.41) is 1.75. The van der Waals surface area contributed by atoms with Gasteiger partial charge < -0.3 is 9.88 Å². The predicted octanol–water partition coefficient (Wildman–Crippen LogP) is 4.74. The second-order valence-corrected chi connectivity index (χ2v) is 7.03. The lowest BCUT2D eigenvalue weighted by Crippen LogP contribution is -2.37. The summed E-state index contributed by atoms with van der Waals surface area (Å²) in [7, 11) is 0. The lowest BCUT2D eigenvalue weighted by atomic mass is 9.86. The Bertz CT molecular complexity index is 680. The molecule has 0 bridgehead atoms. The minimum Gasteiger partial charge on any atom is -0.329 e. The van der Waals surface area contributed by atoms with E-state index in [1.165, 1.54) is 44.3 Å². The Kier molecular flexibility index (Phi) is 7.04. The van der Waals surface area contributed by atoms with E-state index in [4.69, 9.17) is 0 Å². The topological polar surface area (TPSA) is 36.1 Å². The number of hydrogen-bond acceptors (Lipinski definition) is 2. The SMILES string of the molecule is CCN(CC)C1CCC(C)CC1.Cc1ccc2c(=O)[nH]ccc2c1. The third-order valence-corrected chi connectivity index (χ3v) is 5.24. The summed E-state index contributed by atoms with van der Waals surface area (Å²) < 4.78 is 0. The fourth-order valence-electron chi connectivity index (χ4n) is 3.66. The number of benzene rings is 1. The molecule has 0 atom stereocenters. The minimum atomic E-state index is -0.0208. The molecule has 1 fully saturated rings. The van der Waals surface area contributed by atoms with Crippen molar-refractivity contribution in [2.24, 2.45) is 5.92 Å². The van der Waals surface area contributed by atoms with Crippen molar-refractivity contribution in [2.75, 3.05) is 13.1 Å². The molecule has 0 spiro atoms. The molecule has 1 aromatic carbocycles. The highest BCUT2D eigenvalue weighted by Crippen LogP contribution is 2.26. The highest BCUT2D eigenvalue weighted by molar-refractivity contribution is 5.81. The van der Waals surface area contributed by atoms with Gasteiger partial charge in [-0.05, 0) is 69.1 Å². The summed E-state index contributed by atoms with van der Waals surface area (Å²) in [5.41, 5.74) is 1.15. The Morgan fingerprint density at radius 1 is 1.08 bits per heavy atom. The Morgan fingerprint density at radius 2 is 1.75 bits per heavy atom. The van der Waals surface area contributed by atoms with Gasteiger partial charge in [-0.25, -0.2) is 0 Å². The molecule has 3 heteroatoms. The first-order valence-corrected chi connectivity index (χ1v) is 9.37. The highest BCUT2D eigenvalue weighted by Gasteiger charge is 2.21. The Labute approximate surface area is 146 Å². The van der Waals surface area contributed by atoms with Crippen LogP contribution in [0.2, 0.25) is 0 Å². The molecule has 1 saturated carbocycles. The van der Waals surface area contributed by atoms with E-state index in [2.05, 4.69) is 30.7 Å². The van der Waals surface area contributed by atoms with Crippen molar-refractivity contribution in [1.82, 2.24) is 9.88 Å². The molecule has 0 saturated heterocycles. The molecule has 132 valence electrons. The summed E-state index contributed by atoms with van der Waals surface area (Å²) in [5.74, 6) is 0.983. The third kappa shape index (κ3) is 4.94. The molecule has 0 unspecified atom stereocenters. The monoisotopic (exact) mass is 328 g/mol. The van der Waals surface area contributed by atoms with Crippen LogP contribution in [0, 0.1) is 12.8 Å². The number of H-pyrrole nitrogens is 1. The number of rotatable bonds is 3. The number of aromatic nitrogens is 1. The number of fused-ring (bicyclic) bond motifs is 1.